The Morgan fingerprint density at radius 1 is 1.10 bits per heavy atom. The van der Waals surface area contributed by atoms with Crippen molar-refractivity contribution in [3.63, 3.8) is 0 Å². The number of rotatable bonds is 7. The predicted octanol–water partition coefficient (Wildman–Crippen LogP) is 4.50. The Morgan fingerprint density at radius 2 is 1.86 bits per heavy atom. The van der Waals surface area contributed by atoms with Crippen LogP contribution in [0.1, 0.15) is 44.4 Å². The van der Waals surface area contributed by atoms with E-state index in [0.717, 1.165) is 31.0 Å². The summed E-state index contributed by atoms with van der Waals surface area (Å²) in [6, 6.07) is 14.1. The molecule has 0 aliphatic rings. The Hall–Kier alpha value is -1.87. The second-order valence-corrected chi connectivity index (χ2v) is 5.47. The van der Waals surface area contributed by atoms with Gasteiger partial charge >= 0.3 is 0 Å². The summed E-state index contributed by atoms with van der Waals surface area (Å²) in [6.07, 6.45) is 1.12. The molecule has 0 bridgehead atoms. The highest BCUT2D eigenvalue weighted by Crippen LogP contribution is 2.22. The fraction of sp³-hybridized carbons (Fsp3) is 0.389. The van der Waals surface area contributed by atoms with Crippen LogP contribution >= 0.6 is 0 Å². The molecular formula is C18H24N2O. The first-order valence-electron chi connectivity index (χ1n) is 7.63. The molecular weight excluding hydrogens is 260 g/mol. The Balaban J connectivity index is 2.00. The molecule has 0 fully saturated rings. The van der Waals surface area contributed by atoms with E-state index < -0.39 is 0 Å². The van der Waals surface area contributed by atoms with Gasteiger partial charge in [-0.2, -0.15) is 0 Å². The van der Waals surface area contributed by atoms with E-state index in [0.29, 0.717) is 11.8 Å². The minimum atomic E-state index is 0.533. The van der Waals surface area contributed by atoms with E-state index in [1.54, 1.807) is 0 Å². The Bertz CT molecular complexity index is 549. The molecule has 0 spiro atoms. The standard InChI is InChI=1S/C18H24N2O/c1-4-12-19-13-16-6-5-7-18(20-16)21-17-10-8-15(9-11-17)14(2)3/h5-11,14,19H,4,12-13H2,1-3H3. The molecule has 0 aliphatic heterocycles. The highest BCUT2D eigenvalue weighted by molar-refractivity contribution is 5.32. The molecule has 0 amide bonds. The van der Waals surface area contributed by atoms with E-state index in [9.17, 15) is 0 Å². The van der Waals surface area contributed by atoms with Crippen LogP contribution in [0.25, 0.3) is 0 Å². The van der Waals surface area contributed by atoms with E-state index in [1.807, 2.05) is 30.3 Å². The fourth-order valence-electron chi connectivity index (χ4n) is 2.05. The predicted molar refractivity (Wildman–Crippen MR) is 86.8 cm³/mol. The minimum absolute atomic E-state index is 0.533. The highest BCUT2D eigenvalue weighted by Gasteiger charge is 2.03. The molecule has 0 aliphatic carbocycles. The Labute approximate surface area is 127 Å². The van der Waals surface area contributed by atoms with Gasteiger partial charge in [0.15, 0.2) is 0 Å². The van der Waals surface area contributed by atoms with Crippen LogP contribution in [-0.2, 0) is 6.54 Å². The lowest BCUT2D eigenvalue weighted by molar-refractivity contribution is 0.459. The summed E-state index contributed by atoms with van der Waals surface area (Å²) in [5.74, 6) is 2.00. The van der Waals surface area contributed by atoms with E-state index in [4.69, 9.17) is 4.74 Å². The lowest BCUT2D eigenvalue weighted by atomic mass is 10.0. The van der Waals surface area contributed by atoms with Crippen molar-refractivity contribution in [1.82, 2.24) is 10.3 Å². The van der Waals surface area contributed by atoms with Crippen molar-refractivity contribution in [3.8, 4) is 11.6 Å². The van der Waals surface area contributed by atoms with E-state index in [1.165, 1.54) is 5.56 Å². The van der Waals surface area contributed by atoms with Crippen LogP contribution in [0.3, 0.4) is 0 Å². The summed E-state index contributed by atoms with van der Waals surface area (Å²) in [5, 5.41) is 3.34. The Kier molecular flexibility index (Phi) is 5.76. The third-order valence-corrected chi connectivity index (χ3v) is 3.28. The monoisotopic (exact) mass is 284 g/mol. The minimum Gasteiger partial charge on any atom is -0.439 e. The average Bonchev–Trinajstić information content (AvgIpc) is 2.48. The second-order valence-electron chi connectivity index (χ2n) is 5.47. The second kappa shape index (κ2) is 7.79. The molecule has 0 radical (unpaired) electrons. The van der Waals surface area contributed by atoms with E-state index in [-0.39, 0.29) is 0 Å². The first-order chi connectivity index (χ1) is 10.2. The summed E-state index contributed by atoms with van der Waals surface area (Å²) < 4.78 is 5.82. The van der Waals surface area contributed by atoms with Crippen LogP contribution in [0.5, 0.6) is 11.6 Å². The maximum Gasteiger partial charge on any atom is 0.219 e. The molecule has 1 aromatic carbocycles. The largest absolute Gasteiger partial charge is 0.439 e. The van der Waals surface area contributed by atoms with Gasteiger partial charge in [-0.3, -0.25) is 0 Å². The average molecular weight is 284 g/mol. The summed E-state index contributed by atoms with van der Waals surface area (Å²) in [5.41, 5.74) is 2.31. The summed E-state index contributed by atoms with van der Waals surface area (Å²) in [6.45, 7) is 8.30. The summed E-state index contributed by atoms with van der Waals surface area (Å²) in [7, 11) is 0. The molecule has 21 heavy (non-hydrogen) atoms. The third kappa shape index (κ3) is 4.87. The zero-order chi connectivity index (χ0) is 15.1. The van der Waals surface area contributed by atoms with Gasteiger partial charge in [0.05, 0.1) is 5.69 Å². The molecule has 3 nitrogen and oxygen atoms in total. The molecule has 3 heteroatoms. The van der Waals surface area contributed by atoms with Crippen molar-refractivity contribution in [3.05, 3.63) is 53.7 Å². The molecule has 0 unspecified atom stereocenters. The van der Waals surface area contributed by atoms with E-state index in [2.05, 4.69) is 43.2 Å². The quantitative estimate of drug-likeness (QED) is 0.760. The zero-order valence-electron chi connectivity index (χ0n) is 13.1. The molecule has 0 atom stereocenters. The van der Waals surface area contributed by atoms with Crippen molar-refractivity contribution in [2.45, 2.75) is 39.7 Å². The van der Waals surface area contributed by atoms with Crippen molar-refractivity contribution in [2.75, 3.05) is 6.54 Å². The maximum atomic E-state index is 5.82. The maximum absolute atomic E-state index is 5.82. The van der Waals surface area contributed by atoms with Crippen LogP contribution in [0.2, 0.25) is 0 Å². The van der Waals surface area contributed by atoms with Gasteiger partial charge in [0.1, 0.15) is 5.75 Å². The lowest BCUT2D eigenvalue weighted by Crippen LogP contribution is -2.14. The van der Waals surface area contributed by atoms with Gasteiger partial charge < -0.3 is 10.1 Å². The first kappa shape index (κ1) is 15.5. The lowest BCUT2D eigenvalue weighted by Gasteiger charge is -2.09. The molecule has 2 rings (SSSR count). The number of ether oxygens (including phenoxy) is 1. The van der Waals surface area contributed by atoms with Gasteiger partial charge in [-0.25, -0.2) is 4.98 Å². The summed E-state index contributed by atoms with van der Waals surface area (Å²) in [4.78, 5) is 4.51. The van der Waals surface area contributed by atoms with Gasteiger partial charge in [0, 0.05) is 12.6 Å². The first-order valence-corrected chi connectivity index (χ1v) is 7.63. The van der Waals surface area contributed by atoms with Crippen LogP contribution in [0, 0.1) is 0 Å². The SMILES string of the molecule is CCCNCc1cccc(Oc2ccc(C(C)C)cc2)n1. The smallest absolute Gasteiger partial charge is 0.219 e. The van der Waals surface area contributed by atoms with Gasteiger partial charge in [0.25, 0.3) is 0 Å². The molecule has 2 aromatic rings. The van der Waals surface area contributed by atoms with Crippen molar-refractivity contribution in [2.24, 2.45) is 0 Å². The molecule has 1 N–H and O–H groups in total. The third-order valence-electron chi connectivity index (χ3n) is 3.28. The van der Waals surface area contributed by atoms with Gasteiger partial charge in [-0.1, -0.05) is 39.0 Å². The zero-order valence-corrected chi connectivity index (χ0v) is 13.1. The molecule has 0 saturated heterocycles. The van der Waals surface area contributed by atoms with Crippen LogP contribution < -0.4 is 10.1 Å². The van der Waals surface area contributed by atoms with Gasteiger partial charge in [-0.05, 0) is 42.6 Å². The number of hydrogen-bond donors (Lipinski definition) is 1. The van der Waals surface area contributed by atoms with Crippen molar-refractivity contribution in [1.29, 1.82) is 0 Å². The number of hydrogen-bond acceptors (Lipinski definition) is 3. The number of nitrogens with one attached hydrogen (secondary N) is 1. The normalized spacial score (nSPS) is 10.9. The Morgan fingerprint density at radius 3 is 2.52 bits per heavy atom. The van der Waals surface area contributed by atoms with Crippen LogP contribution in [0.4, 0.5) is 0 Å². The number of aromatic nitrogens is 1. The topological polar surface area (TPSA) is 34.1 Å². The number of benzene rings is 1. The van der Waals surface area contributed by atoms with E-state index >= 15 is 0 Å². The fourth-order valence-corrected chi connectivity index (χ4v) is 2.05. The van der Waals surface area contributed by atoms with Crippen molar-refractivity contribution < 1.29 is 4.74 Å². The highest BCUT2D eigenvalue weighted by atomic mass is 16.5. The van der Waals surface area contributed by atoms with Crippen LogP contribution in [-0.4, -0.2) is 11.5 Å². The number of pyridine rings is 1. The van der Waals surface area contributed by atoms with Crippen LogP contribution in [0.15, 0.2) is 42.5 Å². The molecule has 112 valence electrons. The van der Waals surface area contributed by atoms with Gasteiger partial charge in [0.2, 0.25) is 5.88 Å². The van der Waals surface area contributed by atoms with Gasteiger partial charge in [-0.15, -0.1) is 0 Å². The molecule has 0 saturated carbocycles. The summed E-state index contributed by atoms with van der Waals surface area (Å²) >= 11 is 0. The number of nitrogens with zero attached hydrogens (tertiary/aromatic N) is 1. The van der Waals surface area contributed by atoms with Crippen molar-refractivity contribution >= 4 is 0 Å². The molecule has 1 heterocycles. The molecule has 1 aromatic heterocycles.